The molecule has 0 radical (unpaired) electrons. The van der Waals surface area contributed by atoms with Crippen LogP contribution >= 0.6 is 22.9 Å². The van der Waals surface area contributed by atoms with E-state index < -0.39 is 0 Å². The summed E-state index contributed by atoms with van der Waals surface area (Å²) < 4.78 is 1.77. The molecule has 108 valence electrons. The highest BCUT2D eigenvalue weighted by molar-refractivity contribution is 7.09. The lowest BCUT2D eigenvalue weighted by atomic mass is 10.2. The lowest BCUT2D eigenvalue weighted by Gasteiger charge is -2.18. The molecule has 21 heavy (non-hydrogen) atoms. The molecular formula is C15H15ClN4S. The van der Waals surface area contributed by atoms with Crippen LogP contribution in [0.1, 0.15) is 23.5 Å². The van der Waals surface area contributed by atoms with Crippen molar-refractivity contribution in [1.29, 1.82) is 0 Å². The Labute approximate surface area is 132 Å². The molecule has 6 heteroatoms. The molecule has 0 fully saturated rings. The van der Waals surface area contributed by atoms with E-state index in [1.54, 1.807) is 22.2 Å². The van der Waals surface area contributed by atoms with E-state index in [0.717, 1.165) is 17.1 Å². The van der Waals surface area contributed by atoms with Crippen LogP contribution in [0.25, 0.3) is 5.69 Å². The fourth-order valence-corrected chi connectivity index (χ4v) is 3.36. The van der Waals surface area contributed by atoms with Gasteiger partial charge in [0.05, 0.1) is 28.0 Å². The van der Waals surface area contributed by atoms with Crippen molar-refractivity contribution in [3.05, 3.63) is 57.8 Å². The van der Waals surface area contributed by atoms with Gasteiger partial charge in [-0.2, -0.15) is 5.10 Å². The summed E-state index contributed by atoms with van der Waals surface area (Å²) in [4.78, 5) is 5.53. The van der Waals surface area contributed by atoms with Crippen molar-refractivity contribution in [2.75, 3.05) is 5.32 Å². The Balaban J connectivity index is 1.96. The van der Waals surface area contributed by atoms with Crippen LogP contribution in [0.3, 0.4) is 0 Å². The summed E-state index contributed by atoms with van der Waals surface area (Å²) in [5.74, 6) is 0. The van der Waals surface area contributed by atoms with Gasteiger partial charge < -0.3 is 5.32 Å². The fraction of sp³-hybridized carbons (Fsp3) is 0.200. The molecule has 1 aromatic carbocycles. The summed E-state index contributed by atoms with van der Waals surface area (Å²) in [6.07, 6.45) is 3.62. The van der Waals surface area contributed by atoms with Gasteiger partial charge in [-0.25, -0.2) is 9.67 Å². The zero-order valence-electron chi connectivity index (χ0n) is 11.7. The quantitative estimate of drug-likeness (QED) is 0.772. The van der Waals surface area contributed by atoms with Gasteiger partial charge >= 0.3 is 0 Å². The summed E-state index contributed by atoms with van der Waals surface area (Å²) in [5.41, 5.74) is 4.74. The first kappa shape index (κ1) is 14.1. The highest BCUT2D eigenvalue weighted by Gasteiger charge is 2.15. The van der Waals surface area contributed by atoms with Crippen LogP contribution in [-0.4, -0.2) is 14.8 Å². The van der Waals surface area contributed by atoms with Gasteiger partial charge in [0, 0.05) is 17.3 Å². The van der Waals surface area contributed by atoms with Gasteiger partial charge in [-0.3, -0.25) is 0 Å². The van der Waals surface area contributed by atoms with Gasteiger partial charge in [0.15, 0.2) is 0 Å². The van der Waals surface area contributed by atoms with Crippen LogP contribution < -0.4 is 5.32 Å². The summed E-state index contributed by atoms with van der Waals surface area (Å²) >= 11 is 8.01. The molecule has 0 amide bonds. The van der Waals surface area contributed by atoms with Gasteiger partial charge in [0.25, 0.3) is 0 Å². The number of benzene rings is 1. The third-order valence-electron chi connectivity index (χ3n) is 3.27. The molecule has 1 unspecified atom stereocenters. The SMILES string of the molecule is Cc1ncsc1C(C)Nc1cccc(Cl)c1-n1cccn1. The minimum Gasteiger partial charge on any atom is -0.376 e. The van der Waals surface area contributed by atoms with Crippen molar-refractivity contribution in [2.45, 2.75) is 19.9 Å². The molecule has 0 aliphatic rings. The molecular weight excluding hydrogens is 304 g/mol. The minimum absolute atomic E-state index is 0.158. The summed E-state index contributed by atoms with van der Waals surface area (Å²) in [6, 6.07) is 7.85. The molecule has 0 aliphatic carbocycles. The highest BCUT2D eigenvalue weighted by atomic mass is 35.5. The van der Waals surface area contributed by atoms with E-state index in [9.17, 15) is 0 Å². The van der Waals surface area contributed by atoms with Crippen molar-refractivity contribution in [3.8, 4) is 5.69 Å². The first-order chi connectivity index (χ1) is 10.2. The second-order valence-corrected chi connectivity index (χ2v) is 6.05. The van der Waals surface area contributed by atoms with Crippen LogP contribution in [0.5, 0.6) is 0 Å². The largest absolute Gasteiger partial charge is 0.376 e. The van der Waals surface area contributed by atoms with E-state index in [2.05, 4.69) is 22.3 Å². The number of nitrogens with zero attached hydrogens (tertiary/aromatic N) is 3. The lowest BCUT2D eigenvalue weighted by molar-refractivity contribution is 0.856. The number of thiazole rings is 1. The van der Waals surface area contributed by atoms with Crippen molar-refractivity contribution < 1.29 is 0 Å². The van der Waals surface area contributed by atoms with Crippen LogP contribution in [0.15, 0.2) is 42.2 Å². The first-order valence-electron chi connectivity index (χ1n) is 6.62. The molecule has 3 rings (SSSR count). The smallest absolute Gasteiger partial charge is 0.106 e. The maximum atomic E-state index is 6.35. The van der Waals surface area contributed by atoms with Crippen LogP contribution in [-0.2, 0) is 0 Å². The second kappa shape index (κ2) is 5.87. The zero-order chi connectivity index (χ0) is 14.8. The van der Waals surface area contributed by atoms with Crippen molar-refractivity contribution >= 4 is 28.6 Å². The Morgan fingerprint density at radius 2 is 2.19 bits per heavy atom. The van der Waals surface area contributed by atoms with Crippen LogP contribution in [0.4, 0.5) is 5.69 Å². The summed E-state index contributed by atoms with van der Waals surface area (Å²) in [6.45, 7) is 4.14. The number of hydrogen-bond acceptors (Lipinski definition) is 4. The maximum Gasteiger partial charge on any atom is 0.106 e. The van der Waals surface area contributed by atoms with E-state index in [4.69, 9.17) is 11.6 Å². The van der Waals surface area contributed by atoms with E-state index in [-0.39, 0.29) is 6.04 Å². The molecule has 1 atom stereocenters. The van der Waals surface area contributed by atoms with Crippen LogP contribution in [0, 0.1) is 6.92 Å². The monoisotopic (exact) mass is 318 g/mol. The Hall–Kier alpha value is -1.85. The number of anilines is 1. The summed E-state index contributed by atoms with van der Waals surface area (Å²) in [7, 11) is 0. The number of nitrogens with one attached hydrogen (secondary N) is 1. The molecule has 3 aromatic rings. The van der Waals surface area contributed by atoms with Gasteiger partial charge in [0.2, 0.25) is 0 Å². The van der Waals surface area contributed by atoms with E-state index in [0.29, 0.717) is 5.02 Å². The predicted octanol–water partition coefficient (Wildman–Crippen LogP) is 4.46. The average Bonchev–Trinajstić information content (AvgIpc) is 3.10. The molecule has 4 nitrogen and oxygen atoms in total. The molecule has 0 aliphatic heterocycles. The normalized spacial score (nSPS) is 12.3. The van der Waals surface area contributed by atoms with Crippen molar-refractivity contribution in [1.82, 2.24) is 14.8 Å². The first-order valence-corrected chi connectivity index (χ1v) is 7.87. The topological polar surface area (TPSA) is 42.7 Å². The number of halogens is 1. The Bertz CT molecular complexity index is 736. The number of aryl methyl sites for hydroxylation is 1. The number of para-hydroxylation sites is 1. The van der Waals surface area contributed by atoms with Crippen molar-refractivity contribution in [2.24, 2.45) is 0 Å². The van der Waals surface area contributed by atoms with Crippen LogP contribution in [0.2, 0.25) is 5.02 Å². The third kappa shape index (κ3) is 2.80. The fourth-order valence-electron chi connectivity index (χ4n) is 2.29. The summed E-state index contributed by atoms with van der Waals surface area (Å²) in [5, 5.41) is 8.45. The second-order valence-electron chi connectivity index (χ2n) is 4.75. The lowest BCUT2D eigenvalue weighted by Crippen LogP contribution is -2.10. The van der Waals surface area contributed by atoms with Crippen molar-refractivity contribution in [3.63, 3.8) is 0 Å². The van der Waals surface area contributed by atoms with E-state index >= 15 is 0 Å². The zero-order valence-corrected chi connectivity index (χ0v) is 13.3. The van der Waals surface area contributed by atoms with E-state index in [1.807, 2.05) is 42.9 Å². The van der Waals surface area contributed by atoms with Gasteiger partial charge in [0.1, 0.15) is 5.69 Å². The molecule has 2 heterocycles. The molecule has 0 saturated heterocycles. The molecule has 0 spiro atoms. The number of aromatic nitrogens is 3. The molecule has 2 aromatic heterocycles. The standard InChI is InChI=1S/C15H15ClN4S/c1-10-15(21-9-17-10)11(2)19-13-6-3-5-12(16)14(13)20-8-4-7-18-20/h3-9,11,19H,1-2H3. The Morgan fingerprint density at radius 1 is 1.33 bits per heavy atom. The van der Waals surface area contributed by atoms with Gasteiger partial charge in [-0.15, -0.1) is 11.3 Å². The molecule has 1 N–H and O–H groups in total. The van der Waals surface area contributed by atoms with E-state index in [1.165, 1.54) is 4.88 Å². The number of hydrogen-bond donors (Lipinski definition) is 1. The third-order valence-corrected chi connectivity index (χ3v) is 4.69. The highest BCUT2D eigenvalue weighted by Crippen LogP contribution is 2.32. The van der Waals surface area contributed by atoms with Gasteiger partial charge in [-0.1, -0.05) is 17.7 Å². The number of rotatable bonds is 4. The average molecular weight is 319 g/mol. The Morgan fingerprint density at radius 3 is 2.86 bits per heavy atom. The molecule has 0 saturated carbocycles. The molecule has 0 bridgehead atoms. The maximum absolute atomic E-state index is 6.35. The minimum atomic E-state index is 0.158. The predicted molar refractivity (Wildman–Crippen MR) is 87.5 cm³/mol. The van der Waals surface area contributed by atoms with Gasteiger partial charge in [-0.05, 0) is 32.0 Å². The Kier molecular flexibility index (Phi) is 3.94.